The van der Waals surface area contributed by atoms with Gasteiger partial charge in [-0.05, 0) is 24.5 Å². The van der Waals surface area contributed by atoms with Gasteiger partial charge in [-0.15, -0.1) is 0 Å². The Morgan fingerprint density at radius 1 is 0.935 bits per heavy atom. The number of ether oxygens (including phenoxy) is 3. The van der Waals surface area contributed by atoms with Crippen LogP contribution in [0, 0.1) is 11.8 Å². The maximum atomic E-state index is 11.5. The molecule has 1 rings (SSSR count). The number of carboxylic acids is 1. The molecule has 0 saturated carbocycles. The summed E-state index contributed by atoms with van der Waals surface area (Å²) in [7, 11) is 0. The third-order valence-corrected chi connectivity index (χ3v) is 6.55. The van der Waals surface area contributed by atoms with Crippen molar-refractivity contribution in [2.45, 2.75) is 97.2 Å². The smallest absolute Gasteiger partial charge is 0.307 e. The van der Waals surface area contributed by atoms with Gasteiger partial charge in [-0.3, -0.25) is 9.59 Å². The molecule has 31 heavy (non-hydrogen) atoms. The van der Waals surface area contributed by atoms with Gasteiger partial charge in [0.2, 0.25) is 0 Å². The van der Waals surface area contributed by atoms with Crippen LogP contribution in [0.25, 0.3) is 0 Å². The molecule has 1 saturated heterocycles. The summed E-state index contributed by atoms with van der Waals surface area (Å²) in [6.45, 7) is 5.77. The Labute approximate surface area is 193 Å². The molecule has 1 atom stereocenters. The molecule has 1 N–H and O–H groups in total. The van der Waals surface area contributed by atoms with Gasteiger partial charge in [0.1, 0.15) is 0 Å². The Morgan fingerprint density at radius 2 is 1.48 bits per heavy atom. The first-order valence-electron chi connectivity index (χ1n) is 12.2. The summed E-state index contributed by atoms with van der Waals surface area (Å²) in [5.74, 6) is 0.868. The van der Waals surface area contributed by atoms with Crippen LogP contribution in [0.3, 0.4) is 0 Å². The highest BCUT2D eigenvalue weighted by Gasteiger charge is 2.26. The lowest BCUT2D eigenvalue weighted by atomic mass is 10.1. The molecular weight excluding hydrogens is 416 g/mol. The van der Waals surface area contributed by atoms with E-state index in [4.69, 9.17) is 14.2 Å². The van der Waals surface area contributed by atoms with Crippen molar-refractivity contribution in [1.29, 1.82) is 0 Å². The maximum absolute atomic E-state index is 11.5. The molecule has 0 aromatic rings. The molecule has 7 heteroatoms. The van der Waals surface area contributed by atoms with E-state index in [0.29, 0.717) is 44.3 Å². The van der Waals surface area contributed by atoms with E-state index in [0.717, 1.165) is 25.0 Å². The average molecular weight is 461 g/mol. The van der Waals surface area contributed by atoms with Gasteiger partial charge >= 0.3 is 11.9 Å². The van der Waals surface area contributed by atoms with Crippen molar-refractivity contribution in [3.05, 3.63) is 0 Å². The Balaban J connectivity index is 1.82. The van der Waals surface area contributed by atoms with Crippen molar-refractivity contribution in [2.24, 2.45) is 11.8 Å². The lowest BCUT2D eigenvalue weighted by Gasteiger charge is -2.15. The summed E-state index contributed by atoms with van der Waals surface area (Å²) in [6, 6.07) is 0. The number of aliphatic carboxylic acids is 1. The fourth-order valence-electron chi connectivity index (χ4n) is 3.46. The number of hydrogen-bond acceptors (Lipinski definition) is 6. The SMILES string of the molecule is CC(C)COC(=O)CCCCCCCCCCCCSCC(CC1OCCO1)C(=O)O. The van der Waals surface area contributed by atoms with E-state index in [2.05, 4.69) is 0 Å². The molecule has 0 aromatic carbocycles. The highest BCUT2D eigenvalue weighted by Crippen LogP contribution is 2.20. The van der Waals surface area contributed by atoms with Crippen LogP contribution < -0.4 is 0 Å². The Hall–Kier alpha value is -0.790. The molecule has 0 aromatic heterocycles. The summed E-state index contributed by atoms with van der Waals surface area (Å²) in [5, 5.41) is 9.34. The highest BCUT2D eigenvalue weighted by molar-refractivity contribution is 7.99. The zero-order valence-electron chi connectivity index (χ0n) is 19.6. The van der Waals surface area contributed by atoms with Crippen LogP contribution in [0.1, 0.15) is 90.9 Å². The predicted molar refractivity (Wildman–Crippen MR) is 125 cm³/mol. The molecule has 0 amide bonds. The molecule has 1 fully saturated rings. The topological polar surface area (TPSA) is 82.1 Å². The zero-order valence-corrected chi connectivity index (χ0v) is 20.5. The zero-order chi connectivity index (χ0) is 22.7. The summed E-state index contributed by atoms with van der Waals surface area (Å²) in [5.41, 5.74) is 0. The number of unbranched alkanes of at least 4 members (excludes halogenated alkanes) is 9. The Bertz CT molecular complexity index is 465. The molecule has 0 radical (unpaired) electrons. The van der Waals surface area contributed by atoms with Crippen LogP contribution in [-0.4, -0.2) is 54.7 Å². The average Bonchev–Trinajstić information content (AvgIpc) is 3.24. The van der Waals surface area contributed by atoms with Gasteiger partial charge in [0, 0.05) is 18.6 Å². The van der Waals surface area contributed by atoms with Gasteiger partial charge in [0.05, 0.1) is 25.7 Å². The lowest BCUT2D eigenvalue weighted by Crippen LogP contribution is -2.23. The molecule has 1 heterocycles. The molecule has 6 nitrogen and oxygen atoms in total. The van der Waals surface area contributed by atoms with Gasteiger partial charge in [-0.2, -0.15) is 11.8 Å². The van der Waals surface area contributed by atoms with E-state index in [1.165, 1.54) is 44.9 Å². The third-order valence-electron chi connectivity index (χ3n) is 5.33. The van der Waals surface area contributed by atoms with E-state index in [1.807, 2.05) is 13.8 Å². The summed E-state index contributed by atoms with van der Waals surface area (Å²) >= 11 is 1.73. The Kier molecular flexibility index (Phi) is 17.1. The standard InChI is InChI=1S/C24H44O6S/c1-20(2)18-30-22(25)13-11-9-7-5-3-4-6-8-10-12-16-31-19-21(24(26)27)17-23-28-14-15-29-23/h20-21,23H,3-19H2,1-2H3,(H,26,27). The molecule has 0 bridgehead atoms. The first-order chi connectivity index (χ1) is 15.0. The van der Waals surface area contributed by atoms with Gasteiger partial charge in [0.15, 0.2) is 6.29 Å². The van der Waals surface area contributed by atoms with Crippen LogP contribution in [0.15, 0.2) is 0 Å². The second-order valence-electron chi connectivity index (χ2n) is 8.88. The highest BCUT2D eigenvalue weighted by atomic mass is 32.2. The van der Waals surface area contributed by atoms with Gasteiger partial charge in [0.25, 0.3) is 0 Å². The molecule has 0 aliphatic carbocycles. The van der Waals surface area contributed by atoms with Gasteiger partial charge in [-0.1, -0.05) is 65.2 Å². The normalized spacial score (nSPS) is 15.5. The van der Waals surface area contributed by atoms with E-state index in [1.54, 1.807) is 11.8 Å². The number of carbonyl (C=O) groups is 2. The quantitative estimate of drug-likeness (QED) is 0.185. The van der Waals surface area contributed by atoms with Crippen molar-refractivity contribution < 1.29 is 28.9 Å². The van der Waals surface area contributed by atoms with E-state index < -0.39 is 11.9 Å². The minimum Gasteiger partial charge on any atom is -0.481 e. The second-order valence-corrected chi connectivity index (χ2v) is 10.0. The number of carbonyl (C=O) groups excluding carboxylic acids is 1. The summed E-state index contributed by atoms with van der Waals surface area (Å²) in [4.78, 5) is 22.9. The van der Waals surface area contributed by atoms with Crippen LogP contribution in [-0.2, 0) is 23.8 Å². The minimum absolute atomic E-state index is 0.0535. The largest absolute Gasteiger partial charge is 0.481 e. The van der Waals surface area contributed by atoms with E-state index >= 15 is 0 Å². The second kappa shape index (κ2) is 18.8. The fraction of sp³-hybridized carbons (Fsp3) is 0.917. The minimum atomic E-state index is -0.752. The summed E-state index contributed by atoms with van der Waals surface area (Å²) < 4.78 is 15.9. The summed E-state index contributed by atoms with van der Waals surface area (Å²) in [6.07, 6.45) is 12.6. The fourth-order valence-corrected chi connectivity index (χ4v) is 4.60. The van der Waals surface area contributed by atoms with Crippen molar-refractivity contribution in [1.82, 2.24) is 0 Å². The van der Waals surface area contributed by atoms with Crippen LogP contribution in [0.4, 0.5) is 0 Å². The van der Waals surface area contributed by atoms with Crippen molar-refractivity contribution in [2.75, 3.05) is 31.3 Å². The molecule has 182 valence electrons. The molecule has 0 spiro atoms. The molecule has 1 aliphatic rings. The number of thioether (sulfide) groups is 1. The molecule has 1 unspecified atom stereocenters. The number of rotatable bonds is 20. The predicted octanol–water partition coefficient (Wildman–Crippen LogP) is 5.67. The maximum Gasteiger partial charge on any atom is 0.307 e. The van der Waals surface area contributed by atoms with Crippen LogP contribution >= 0.6 is 11.8 Å². The first-order valence-corrected chi connectivity index (χ1v) is 13.3. The number of carboxylic acid groups (broad SMARTS) is 1. The van der Waals surface area contributed by atoms with Crippen molar-refractivity contribution >= 4 is 23.7 Å². The first kappa shape index (κ1) is 28.2. The molecule has 1 aliphatic heterocycles. The van der Waals surface area contributed by atoms with Crippen molar-refractivity contribution in [3.8, 4) is 0 Å². The van der Waals surface area contributed by atoms with Crippen LogP contribution in [0.5, 0.6) is 0 Å². The molecular formula is C24H44O6S. The Morgan fingerprint density at radius 3 is 2.03 bits per heavy atom. The van der Waals surface area contributed by atoms with Crippen molar-refractivity contribution in [3.63, 3.8) is 0 Å². The third kappa shape index (κ3) is 16.5. The van der Waals surface area contributed by atoms with E-state index in [9.17, 15) is 14.7 Å². The van der Waals surface area contributed by atoms with Gasteiger partial charge < -0.3 is 19.3 Å². The van der Waals surface area contributed by atoms with E-state index in [-0.39, 0.29) is 12.3 Å². The monoisotopic (exact) mass is 460 g/mol. The lowest BCUT2D eigenvalue weighted by molar-refractivity contribution is -0.145. The number of esters is 1. The van der Waals surface area contributed by atoms with Gasteiger partial charge in [-0.25, -0.2) is 0 Å². The van der Waals surface area contributed by atoms with Crippen LogP contribution in [0.2, 0.25) is 0 Å². The number of hydrogen-bond donors (Lipinski definition) is 1.